The fourth-order valence-corrected chi connectivity index (χ4v) is 7.80. The maximum atomic E-state index is 13.1. The minimum atomic E-state index is -1.71. The Morgan fingerprint density at radius 1 is 1.14 bits per heavy atom. The zero-order valence-electron chi connectivity index (χ0n) is 26.1. The standard InChI is InChI=1S/C31H45ClO11/c1-8-17(2)28(37)43-24(22-12-26(36)39-14-22)13-29(7)18(3)11-25(42-21(6)35)31(16-40-19(4)33)27(29)23(41-20(5)34)9-10-30(31,38)15-32/h12,17-18,23-25,27,38H,8-11,13-16H2,1-7H3/t17-,18+,23+,24-,25-,27+,29-,30-,31+/m0/s1. The molecule has 0 aromatic rings. The van der Waals surface area contributed by atoms with Crippen molar-refractivity contribution in [2.75, 3.05) is 19.1 Å². The third-order valence-corrected chi connectivity index (χ3v) is 10.4. The number of hydrogen-bond donors (Lipinski definition) is 1. The molecule has 1 aliphatic heterocycles. The Morgan fingerprint density at radius 3 is 2.30 bits per heavy atom. The lowest BCUT2D eigenvalue weighted by Crippen LogP contribution is -2.74. The van der Waals surface area contributed by atoms with Gasteiger partial charge in [0.2, 0.25) is 0 Å². The first-order chi connectivity index (χ1) is 20.0. The minimum absolute atomic E-state index is 0.0555. The summed E-state index contributed by atoms with van der Waals surface area (Å²) in [6.07, 6.45) is -0.0994. The molecule has 0 radical (unpaired) electrons. The molecule has 0 aromatic heterocycles. The van der Waals surface area contributed by atoms with Crippen LogP contribution >= 0.6 is 11.6 Å². The molecule has 2 fully saturated rings. The molecule has 0 bridgehead atoms. The number of halogens is 1. The number of rotatable bonds is 11. The number of carbonyl (C=O) groups excluding carboxylic acids is 5. The maximum absolute atomic E-state index is 13.1. The van der Waals surface area contributed by atoms with Crippen LogP contribution in [0.2, 0.25) is 0 Å². The largest absolute Gasteiger partial charge is 0.465 e. The summed E-state index contributed by atoms with van der Waals surface area (Å²) in [7, 11) is 0. The molecule has 0 unspecified atom stereocenters. The first-order valence-electron chi connectivity index (χ1n) is 14.9. The van der Waals surface area contributed by atoms with Crippen molar-refractivity contribution in [1.82, 2.24) is 0 Å². The van der Waals surface area contributed by atoms with E-state index >= 15 is 0 Å². The number of alkyl halides is 1. The molecule has 12 heteroatoms. The SMILES string of the molecule is CC[C@H](C)C(=O)O[C@@H](C[C@@]1(C)[C@H](C)C[C@H](OC(C)=O)[C@]2(COC(C)=O)[C@@H]1[C@H](OC(C)=O)CC[C@]2(O)CCl)C1=CC(=O)OC1. The molecule has 1 heterocycles. The van der Waals surface area contributed by atoms with Gasteiger partial charge in [-0.2, -0.15) is 0 Å². The Morgan fingerprint density at radius 2 is 1.79 bits per heavy atom. The monoisotopic (exact) mass is 628 g/mol. The van der Waals surface area contributed by atoms with Crippen molar-refractivity contribution in [2.24, 2.45) is 28.6 Å². The fourth-order valence-electron chi connectivity index (χ4n) is 7.42. The Balaban J connectivity index is 2.27. The van der Waals surface area contributed by atoms with Crippen LogP contribution in [0.4, 0.5) is 0 Å². The summed E-state index contributed by atoms with van der Waals surface area (Å²) in [5.74, 6) is -4.50. The van der Waals surface area contributed by atoms with Gasteiger partial charge in [-0.05, 0) is 43.4 Å². The van der Waals surface area contributed by atoms with Crippen LogP contribution in [0.15, 0.2) is 11.6 Å². The molecule has 3 rings (SSSR count). The highest BCUT2D eigenvalue weighted by molar-refractivity contribution is 6.18. The molecule has 2 aliphatic carbocycles. The predicted molar refractivity (Wildman–Crippen MR) is 153 cm³/mol. The molecule has 9 atom stereocenters. The number of carbonyl (C=O) groups is 5. The normalized spacial score (nSPS) is 35.0. The van der Waals surface area contributed by atoms with Gasteiger partial charge in [-0.25, -0.2) is 4.79 Å². The van der Waals surface area contributed by atoms with Gasteiger partial charge in [0.25, 0.3) is 0 Å². The summed E-state index contributed by atoms with van der Waals surface area (Å²) in [6, 6.07) is 0. The molecule has 43 heavy (non-hydrogen) atoms. The molecule has 11 nitrogen and oxygen atoms in total. The average molecular weight is 629 g/mol. The highest BCUT2D eigenvalue weighted by atomic mass is 35.5. The van der Waals surface area contributed by atoms with Crippen LogP contribution in [0.25, 0.3) is 0 Å². The Bertz CT molecular complexity index is 1140. The highest BCUT2D eigenvalue weighted by Crippen LogP contribution is 2.66. The number of ether oxygens (including phenoxy) is 5. The van der Waals surface area contributed by atoms with E-state index in [-0.39, 0.29) is 50.7 Å². The molecule has 1 N–H and O–H groups in total. The van der Waals surface area contributed by atoms with Crippen molar-refractivity contribution in [3.63, 3.8) is 0 Å². The van der Waals surface area contributed by atoms with Gasteiger partial charge in [0.05, 0.1) is 22.8 Å². The second-order valence-electron chi connectivity index (χ2n) is 12.7. The first-order valence-corrected chi connectivity index (χ1v) is 15.4. The summed E-state index contributed by atoms with van der Waals surface area (Å²) >= 11 is 6.50. The topological polar surface area (TPSA) is 152 Å². The molecule has 0 aromatic carbocycles. The number of aliphatic hydroxyl groups is 1. The summed E-state index contributed by atoms with van der Waals surface area (Å²) < 4.78 is 28.6. The molecule has 242 valence electrons. The Kier molecular flexibility index (Phi) is 11.0. The molecular weight excluding hydrogens is 584 g/mol. The highest BCUT2D eigenvalue weighted by Gasteiger charge is 2.73. The van der Waals surface area contributed by atoms with E-state index in [1.54, 1.807) is 6.92 Å². The van der Waals surface area contributed by atoms with Crippen molar-refractivity contribution < 1.29 is 52.8 Å². The van der Waals surface area contributed by atoms with E-state index in [9.17, 15) is 29.1 Å². The molecule has 0 saturated heterocycles. The second-order valence-corrected chi connectivity index (χ2v) is 12.9. The van der Waals surface area contributed by atoms with Crippen molar-refractivity contribution in [2.45, 2.75) is 104 Å². The summed E-state index contributed by atoms with van der Waals surface area (Å²) in [4.78, 5) is 62.3. The number of hydrogen-bond acceptors (Lipinski definition) is 11. The third kappa shape index (κ3) is 6.87. The molecular formula is C31H45ClO11. The van der Waals surface area contributed by atoms with Crippen LogP contribution in [0.3, 0.4) is 0 Å². The molecule has 0 amide bonds. The molecule has 2 saturated carbocycles. The van der Waals surface area contributed by atoms with E-state index in [2.05, 4.69) is 0 Å². The van der Waals surface area contributed by atoms with Crippen molar-refractivity contribution in [3.05, 3.63) is 11.6 Å². The van der Waals surface area contributed by atoms with Crippen LogP contribution in [0.5, 0.6) is 0 Å². The van der Waals surface area contributed by atoms with Gasteiger partial charge in [-0.1, -0.05) is 27.7 Å². The first kappa shape index (κ1) is 34.8. The van der Waals surface area contributed by atoms with Crippen molar-refractivity contribution in [3.8, 4) is 0 Å². The summed E-state index contributed by atoms with van der Waals surface area (Å²) in [6.45, 7) is 10.9. The zero-order chi connectivity index (χ0) is 32.3. The van der Waals surface area contributed by atoms with Gasteiger partial charge < -0.3 is 28.8 Å². The van der Waals surface area contributed by atoms with Gasteiger partial charge in [0.15, 0.2) is 0 Å². The van der Waals surface area contributed by atoms with Crippen LogP contribution in [-0.4, -0.2) is 78.0 Å². The number of fused-ring (bicyclic) bond motifs is 1. The van der Waals surface area contributed by atoms with E-state index in [4.69, 9.17) is 35.3 Å². The lowest BCUT2D eigenvalue weighted by atomic mass is 9.41. The van der Waals surface area contributed by atoms with E-state index in [1.807, 2.05) is 20.8 Å². The summed E-state index contributed by atoms with van der Waals surface area (Å²) in [5.41, 5.74) is -3.64. The Labute approximate surface area is 257 Å². The van der Waals surface area contributed by atoms with Gasteiger partial charge in [-0.3, -0.25) is 19.2 Å². The number of esters is 5. The van der Waals surface area contributed by atoms with Crippen LogP contribution < -0.4 is 0 Å². The second kappa shape index (κ2) is 13.5. The van der Waals surface area contributed by atoms with Gasteiger partial charge in [0, 0.05) is 38.3 Å². The van der Waals surface area contributed by atoms with E-state index in [1.165, 1.54) is 26.8 Å². The van der Waals surface area contributed by atoms with Gasteiger partial charge in [0.1, 0.15) is 31.5 Å². The molecule has 3 aliphatic rings. The van der Waals surface area contributed by atoms with Crippen molar-refractivity contribution in [1.29, 1.82) is 0 Å². The predicted octanol–water partition coefficient (Wildman–Crippen LogP) is 3.66. The minimum Gasteiger partial charge on any atom is -0.465 e. The number of cyclic esters (lactones) is 1. The van der Waals surface area contributed by atoms with E-state index in [0.717, 1.165) is 0 Å². The van der Waals surface area contributed by atoms with Crippen LogP contribution in [-0.2, 0) is 47.7 Å². The molecule has 0 spiro atoms. The lowest BCUT2D eigenvalue weighted by molar-refractivity contribution is -0.293. The zero-order valence-corrected chi connectivity index (χ0v) is 26.9. The van der Waals surface area contributed by atoms with Gasteiger partial charge in [-0.15, -0.1) is 11.6 Å². The quantitative estimate of drug-likeness (QED) is 0.203. The smallest absolute Gasteiger partial charge is 0.331 e. The summed E-state index contributed by atoms with van der Waals surface area (Å²) in [5, 5.41) is 12.3. The maximum Gasteiger partial charge on any atom is 0.331 e. The third-order valence-electron chi connectivity index (χ3n) is 9.97. The van der Waals surface area contributed by atoms with E-state index in [0.29, 0.717) is 12.0 Å². The van der Waals surface area contributed by atoms with Crippen LogP contribution in [0.1, 0.15) is 80.6 Å². The lowest BCUT2D eigenvalue weighted by Gasteiger charge is -2.67. The van der Waals surface area contributed by atoms with Crippen molar-refractivity contribution >= 4 is 41.4 Å². The van der Waals surface area contributed by atoms with E-state index < -0.39 is 76.4 Å². The average Bonchev–Trinajstić information content (AvgIpc) is 3.36. The Hall–Kier alpha value is -2.66. The fraction of sp³-hybridized carbons (Fsp3) is 0.774. The van der Waals surface area contributed by atoms with Crippen LogP contribution in [0, 0.1) is 28.6 Å². The van der Waals surface area contributed by atoms with Gasteiger partial charge >= 0.3 is 29.8 Å².